The van der Waals surface area contributed by atoms with Gasteiger partial charge in [-0.25, -0.2) is 0 Å². The standard InChI is InChI=1S/C12H12N4O4/c17-16(18)9-3-1-2-8(6-9)11-14-12(20-15-11)10-7-13-4-5-19-10/h1-3,6,10,13H,4-5,7H2. The van der Waals surface area contributed by atoms with E-state index in [0.29, 0.717) is 30.4 Å². The lowest BCUT2D eigenvalue weighted by Gasteiger charge is -2.19. The van der Waals surface area contributed by atoms with Gasteiger partial charge in [-0.1, -0.05) is 17.3 Å². The van der Waals surface area contributed by atoms with Crippen LogP contribution in [0.4, 0.5) is 5.69 Å². The van der Waals surface area contributed by atoms with Gasteiger partial charge in [0.05, 0.1) is 11.5 Å². The van der Waals surface area contributed by atoms with E-state index in [1.165, 1.54) is 12.1 Å². The molecule has 0 aliphatic carbocycles. The minimum Gasteiger partial charge on any atom is -0.366 e. The second-order valence-electron chi connectivity index (χ2n) is 4.33. The van der Waals surface area contributed by atoms with Crippen molar-refractivity contribution in [3.05, 3.63) is 40.3 Å². The lowest BCUT2D eigenvalue weighted by molar-refractivity contribution is -0.384. The number of rotatable bonds is 3. The Bertz CT molecular complexity index is 621. The molecule has 2 heterocycles. The van der Waals surface area contributed by atoms with Crippen LogP contribution in [-0.2, 0) is 4.74 Å². The summed E-state index contributed by atoms with van der Waals surface area (Å²) < 4.78 is 10.7. The van der Waals surface area contributed by atoms with Crippen LogP contribution in [0.5, 0.6) is 0 Å². The van der Waals surface area contributed by atoms with E-state index in [9.17, 15) is 10.1 Å². The van der Waals surface area contributed by atoms with Gasteiger partial charge in [0, 0.05) is 30.8 Å². The number of nitro benzene ring substituents is 1. The lowest BCUT2D eigenvalue weighted by Crippen LogP contribution is -2.33. The maximum absolute atomic E-state index is 10.8. The van der Waals surface area contributed by atoms with Crippen LogP contribution < -0.4 is 5.32 Å². The Morgan fingerprint density at radius 1 is 1.45 bits per heavy atom. The molecule has 0 bridgehead atoms. The van der Waals surface area contributed by atoms with Crippen LogP contribution in [0.15, 0.2) is 28.8 Å². The van der Waals surface area contributed by atoms with E-state index in [-0.39, 0.29) is 11.8 Å². The summed E-state index contributed by atoms with van der Waals surface area (Å²) in [6.45, 7) is 1.98. The molecule has 2 aromatic rings. The third-order valence-electron chi connectivity index (χ3n) is 2.96. The molecule has 20 heavy (non-hydrogen) atoms. The quantitative estimate of drug-likeness (QED) is 0.665. The molecular weight excluding hydrogens is 264 g/mol. The lowest BCUT2D eigenvalue weighted by atomic mass is 10.2. The summed E-state index contributed by atoms with van der Waals surface area (Å²) in [7, 11) is 0. The van der Waals surface area contributed by atoms with Gasteiger partial charge in [-0.2, -0.15) is 4.98 Å². The van der Waals surface area contributed by atoms with E-state index in [2.05, 4.69) is 15.5 Å². The minimum absolute atomic E-state index is 0.00978. The zero-order valence-corrected chi connectivity index (χ0v) is 10.5. The molecular formula is C12H12N4O4. The topological polar surface area (TPSA) is 103 Å². The molecule has 104 valence electrons. The van der Waals surface area contributed by atoms with Crippen LogP contribution in [0.2, 0.25) is 0 Å². The summed E-state index contributed by atoms with van der Waals surface area (Å²) in [5.41, 5.74) is 0.530. The molecule has 1 aromatic heterocycles. The fraction of sp³-hybridized carbons (Fsp3) is 0.333. The predicted molar refractivity (Wildman–Crippen MR) is 68.0 cm³/mol. The molecule has 0 amide bonds. The van der Waals surface area contributed by atoms with Gasteiger partial charge in [-0.15, -0.1) is 0 Å². The third-order valence-corrected chi connectivity index (χ3v) is 2.96. The molecule has 1 aliphatic rings. The van der Waals surface area contributed by atoms with Crippen LogP contribution >= 0.6 is 0 Å². The Labute approximate surface area is 113 Å². The molecule has 0 saturated carbocycles. The molecule has 1 N–H and O–H groups in total. The summed E-state index contributed by atoms with van der Waals surface area (Å²) in [5, 5.41) is 17.8. The number of hydrogen-bond donors (Lipinski definition) is 1. The largest absolute Gasteiger partial charge is 0.366 e. The highest BCUT2D eigenvalue weighted by molar-refractivity contribution is 5.58. The third kappa shape index (κ3) is 2.51. The summed E-state index contributed by atoms with van der Waals surface area (Å²) in [4.78, 5) is 14.5. The van der Waals surface area contributed by atoms with Gasteiger partial charge < -0.3 is 14.6 Å². The normalized spacial score (nSPS) is 18.9. The summed E-state index contributed by atoms with van der Waals surface area (Å²) in [6.07, 6.45) is -0.274. The maximum atomic E-state index is 10.8. The molecule has 0 radical (unpaired) electrons. The van der Waals surface area contributed by atoms with Gasteiger partial charge in [0.25, 0.3) is 11.6 Å². The van der Waals surface area contributed by atoms with Crippen LogP contribution in [0.25, 0.3) is 11.4 Å². The highest BCUT2D eigenvalue weighted by atomic mass is 16.6. The Morgan fingerprint density at radius 2 is 2.35 bits per heavy atom. The molecule has 8 nitrogen and oxygen atoms in total. The van der Waals surface area contributed by atoms with Gasteiger partial charge in [0.2, 0.25) is 5.82 Å². The van der Waals surface area contributed by atoms with Crippen molar-refractivity contribution < 1.29 is 14.2 Å². The molecule has 1 fully saturated rings. The zero-order chi connectivity index (χ0) is 13.9. The summed E-state index contributed by atoms with van der Waals surface area (Å²) in [5.74, 6) is 0.691. The van der Waals surface area contributed by atoms with E-state index in [1.807, 2.05) is 0 Å². The van der Waals surface area contributed by atoms with Gasteiger partial charge in [-0.3, -0.25) is 10.1 Å². The average molecular weight is 276 g/mol. The van der Waals surface area contributed by atoms with Crippen molar-refractivity contribution in [3.8, 4) is 11.4 Å². The van der Waals surface area contributed by atoms with Crippen LogP contribution in [0.3, 0.4) is 0 Å². The van der Waals surface area contributed by atoms with Crippen molar-refractivity contribution in [2.75, 3.05) is 19.7 Å². The van der Waals surface area contributed by atoms with Gasteiger partial charge >= 0.3 is 0 Å². The van der Waals surface area contributed by atoms with E-state index in [1.54, 1.807) is 12.1 Å². The second kappa shape index (κ2) is 5.35. The molecule has 0 spiro atoms. The van der Waals surface area contributed by atoms with Crippen LogP contribution in [0.1, 0.15) is 12.0 Å². The second-order valence-corrected chi connectivity index (χ2v) is 4.33. The van der Waals surface area contributed by atoms with E-state index >= 15 is 0 Å². The number of non-ortho nitro benzene ring substituents is 1. The zero-order valence-electron chi connectivity index (χ0n) is 10.5. The van der Waals surface area contributed by atoms with Crippen LogP contribution in [0, 0.1) is 10.1 Å². The van der Waals surface area contributed by atoms with E-state index < -0.39 is 4.92 Å². The average Bonchev–Trinajstić information content (AvgIpc) is 2.98. The minimum atomic E-state index is -0.460. The highest BCUT2D eigenvalue weighted by Crippen LogP contribution is 2.24. The molecule has 8 heteroatoms. The first kappa shape index (κ1) is 12.7. The summed E-state index contributed by atoms with van der Waals surface area (Å²) >= 11 is 0. The van der Waals surface area contributed by atoms with E-state index in [4.69, 9.17) is 9.26 Å². The molecule has 1 aromatic carbocycles. The number of aromatic nitrogens is 2. The Kier molecular flexibility index (Phi) is 3.40. The summed E-state index contributed by atoms with van der Waals surface area (Å²) in [6, 6.07) is 6.11. The van der Waals surface area contributed by atoms with Gasteiger partial charge in [0.15, 0.2) is 0 Å². The molecule has 1 aliphatic heterocycles. The number of nitro groups is 1. The van der Waals surface area contributed by atoms with Crippen molar-refractivity contribution in [1.82, 2.24) is 15.5 Å². The van der Waals surface area contributed by atoms with Crippen molar-refractivity contribution in [2.24, 2.45) is 0 Å². The molecule has 1 atom stereocenters. The first-order valence-electron chi connectivity index (χ1n) is 6.15. The number of nitrogens with one attached hydrogen (secondary N) is 1. The molecule has 1 unspecified atom stereocenters. The number of ether oxygens (including phenoxy) is 1. The number of nitrogens with zero attached hydrogens (tertiary/aromatic N) is 3. The fourth-order valence-electron chi connectivity index (χ4n) is 1.97. The number of hydrogen-bond acceptors (Lipinski definition) is 7. The van der Waals surface area contributed by atoms with Crippen molar-refractivity contribution in [1.29, 1.82) is 0 Å². The van der Waals surface area contributed by atoms with Crippen molar-refractivity contribution in [2.45, 2.75) is 6.10 Å². The fourth-order valence-corrected chi connectivity index (χ4v) is 1.97. The van der Waals surface area contributed by atoms with E-state index in [0.717, 1.165) is 6.54 Å². The smallest absolute Gasteiger partial charge is 0.270 e. The molecule has 1 saturated heterocycles. The Morgan fingerprint density at radius 3 is 3.10 bits per heavy atom. The maximum Gasteiger partial charge on any atom is 0.270 e. The predicted octanol–water partition coefficient (Wildman–Crippen LogP) is 1.31. The van der Waals surface area contributed by atoms with Gasteiger partial charge in [-0.05, 0) is 0 Å². The number of morpholine rings is 1. The SMILES string of the molecule is O=[N+]([O-])c1cccc(-c2noc(C3CNCCO3)n2)c1. The number of benzene rings is 1. The monoisotopic (exact) mass is 276 g/mol. The Hall–Kier alpha value is -2.32. The van der Waals surface area contributed by atoms with Crippen molar-refractivity contribution >= 4 is 5.69 Å². The van der Waals surface area contributed by atoms with Crippen LogP contribution in [-0.4, -0.2) is 34.8 Å². The first-order valence-corrected chi connectivity index (χ1v) is 6.15. The van der Waals surface area contributed by atoms with Gasteiger partial charge in [0.1, 0.15) is 6.10 Å². The molecule has 3 rings (SSSR count). The Balaban J connectivity index is 1.85. The highest BCUT2D eigenvalue weighted by Gasteiger charge is 2.22. The first-order chi connectivity index (χ1) is 9.74. The van der Waals surface area contributed by atoms with Crippen molar-refractivity contribution in [3.63, 3.8) is 0 Å².